The number of carbonyl (C=O) groups is 1. The summed E-state index contributed by atoms with van der Waals surface area (Å²) < 4.78 is 5.41. The Morgan fingerprint density at radius 1 is 0.962 bits per heavy atom. The summed E-state index contributed by atoms with van der Waals surface area (Å²) in [6.07, 6.45) is 7.37. The molecule has 1 saturated heterocycles. The highest BCUT2D eigenvalue weighted by atomic mass is 16.5. The molecule has 1 aliphatic heterocycles. The van der Waals surface area contributed by atoms with Crippen molar-refractivity contribution in [3.05, 3.63) is 34.3 Å². The van der Waals surface area contributed by atoms with E-state index in [1.54, 1.807) is 0 Å². The number of aromatic nitrogens is 3. The first-order chi connectivity index (χ1) is 12.8. The van der Waals surface area contributed by atoms with Crippen molar-refractivity contribution in [3.63, 3.8) is 0 Å². The van der Waals surface area contributed by atoms with Crippen LogP contribution in [-0.4, -0.2) is 52.3 Å². The topological polar surface area (TPSA) is 75.4 Å². The average Bonchev–Trinajstić information content (AvgIpc) is 3.34. The van der Waals surface area contributed by atoms with Crippen molar-refractivity contribution in [1.29, 1.82) is 0 Å². The Morgan fingerprint density at radius 2 is 1.81 bits per heavy atom. The van der Waals surface area contributed by atoms with Crippen LogP contribution in [0.4, 0.5) is 5.82 Å². The molecular formula is C19H23N5O2. The van der Waals surface area contributed by atoms with E-state index in [-0.39, 0.29) is 5.91 Å². The van der Waals surface area contributed by atoms with E-state index >= 15 is 0 Å². The number of carbonyl (C=O) groups excluding carboxylic acids is 1. The summed E-state index contributed by atoms with van der Waals surface area (Å²) in [5.74, 6) is 1.86. The number of rotatable bonds is 2. The van der Waals surface area contributed by atoms with Gasteiger partial charge in [-0.3, -0.25) is 4.79 Å². The van der Waals surface area contributed by atoms with Crippen LogP contribution in [0, 0.1) is 0 Å². The van der Waals surface area contributed by atoms with Gasteiger partial charge in [-0.05, 0) is 50.2 Å². The maximum atomic E-state index is 12.9. The van der Waals surface area contributed by atoms with E-state index in [4.69, 9.17) is 4.52 Å². The first kappa shape index (κ1) is 15.8. The summed E-state index contributed by atoms with van der Waals surface area (Å²) >= 11 is 0. The zero-order valence-electron chi connectivity index (χ0n) is 14.9. The van der Waals surface area contributed by atoms with Crippen LogP contribution in [0.15, 0.2) is 10.6 Å². The van der Waals surface area contributed by atoms with Crippen molar-refractivity contribution in [2.45, 2.75) is 44.9 Å². The van der Waals surface area contributed by atoms with Crippen molar-refractivity contribution < 1.29 is 9.32 Å². The first-order valence-corrected chi connectivity index (χ1v) is 9.67. The van der Waals surface area contributed by atoms with Crippen LogP contribution in [0.2, 0.25) is 0 Å². The van der Waals surface area contributed by atoms with Crippen LogP contribution < -0.4 is 4.90 Å². The minimum atomic E-state index is 0.0107. The van der Waals surface area contributed by atoms with E-state index in [2.05, 4.69) is 26.3 Å². The summed E-state index contributed by atoms with van der Waals surface area (Å²) in [5.41, 5.74) is 4.06. The molecule has 136 valence electrons. The Kier molecular flexibility index (Phi) is 3.87. The Hall–Kier alpha value is -2.44. The molecule has 1 amide bonds. The Morgan fingerprint density at radius 3 is 2.69 bits per heavy atom. The van der Waals surface area contributed by atoms with Crippen LogP contribution >= 0.6 is 0 Å². The number of piperazine rings is 1. The normalized spacial score (nSPS) is 19.4. The Balaban J connectivity index is 1.27. The number of hydrogen-bond donors (Lipinski definition) is 0. The standard InChI is InChI=1S/C19H23N5O2/c25-19(18-14-5-1-2-7-16(14)26-22-18)24-10-8-23(9-11-24)17-12-13-4-3-6-15(13)20-21-17/h12H,1-11H2. The summed E-state index contributed by atoms with van der Waals surface area (Å²) in [6.45, 7) is 2.91. The van der Waals surface area contributed by atoms with Crippen molar-refractivity contribution in [2.24, 2.45) is 0 Å². The smallest absolute Gasteiger partial charge is 0.276 e. The maximum absolute atomic E-state index is 12.9. The lowest BCUT2D eigenvalue weighted by Crippen LogP contribution is -2.49. The molecule has 0 saturated carbocycles. The van der Waals surface area contributed by atoms with Gasteiger partial charge in [-0.15, -0.1) is 5.10 Å². The third kappa shape index (κ3) is 2.66. The van der Waals surface area contributed by atoms with Crippen LogP contribution in [0.5, 0.6) is 0 Å². The van der Waals surface area contributed by atoms with Gasteiger partial charge in [0.2, 0.25) is 0 Å². The number of nitrogens with zero attached hydrogens (tertiary/aromatic N) is 5. The second-order valence-electron chi connectivity index (χ2n) is 7.45. The number of fused-ring (bicyclic) bond motifs is 2. The molecule has 0 unspecified atom stereocenters. The maximum Gasteiger partial charge on any atom is 0.276 e. The monoisotopic (exact) mass is 353 g/mol. The summed E-state index contributed by atoms with van der Waals surface area (Å²) in [4.78, 5) is 17.0. The van der Waals surface area contributed by atoms with Crippen molar-refractivity contribution >= 4 is 11.7 Å². The molecule has 5 rings (SSSR count). The predicted octanol–water partition coefficient (Wildman–Crippen LogP) is 1.79. The van der Waals surface area contributed by atoms with Gasteiger partial charge in [-0.25, -0.2) is 0 Å². The van der Waals surface area contributed by atoms with Gasteiger partial charge < -0.3 is 14.3 Å². The van der Waals surface area contributed by atoms with E-state index in [0.29, 0.717) is 18.8 Å². The van der Waals surface area contributed by atoms with Gasteiger partial charge in [0.15, 0.2) is 11.5 Å². The summed E-state index contributed by atoms with van der Waals surface area (Å²) in [5, 5.41) is 12.9. The molecule has 26 heavy (non-hydrogen) atoms. The molecule has 7 nitrogen and oxygen atoms in total. The molecule has 0 radical (unpaired) electrons. The van der Waals surface area contributed by atoms with Crippen molar-refractivity contribution in [1.82, 2.24) is 20.3 Å². The van der Waals surface area contributed by atoms with Crippen molar-refractivity contribution in [3.8, 4) is 0 Å². The Bertz CT molecular complexity index is 838. The third-order valence-electron chi connectivity index (χ3n) is 5.85. The zero-order chi connectivity index (χ0) is 17.5. The van der Waals surface area contributed by atoms with Gasteiger partial charge in [0.05, 0.1) is 5.69 Å². The molecule has 0 atom stereocenters. The molecule has 2 aromatic heterocycles. The lowest BCUT2D eigenvalue weighted by atomic mass is 9.96. The van der Waals surface area contributed by atoms with Gasteiger partial charge >= 0.3 is 0 Å². The second-order valence-corrected chi connectivity index (χ2v) is 7.45. The van der Waals surface area contributed by atoms with E-state index in [1.165, 1.54) is 12.0 Å². The van der Waals surface area contributed by atoms with Gasteiger partial charge in [-0.1, -0.05) is 5.16 Å². The lowest BCUT2D eigenvalue weighted by Gasteiger charge is -2.35. The Labute approximate surface area is 152 Å². The van der Waals surface area contributed by atoms with E-state index in [1.807, 2.05) is 4.90 Å². The molecule has 0 spiro atoms. The van der Waals surface area contributed by atoms with E-state index in [9.17, 15) is 4.79 Å². The summed E-state index contributed by atoms with van der Waals surface area (Å²) in [7, 11) is 0. The molecule has 1 fully saturated rings. The molecule has 0 bridgehead atoms. The van der Waals surface area contributed by atoms with E-state index < -0.39 is 0 Å². The molecular weight excluding hydrogens is 330 g/mol. The third-order valence-corrected chi connectivity index (χ3v) is 5.85. The van der Waals surface area contributed by atoms with Gasteiger partial charge in [0.25, 0.3) is 5.91 Å². The van der Waals surface area contributed by atoms with Crippen LogP contribution in [0.3, 0.4) is 0 Å². The highest BCUT2D eigenvalue weighted by Gasteiger charge is 2.30. The highest BCUT2D eigenvalue weighted by Crippen LogP contribution is 2.26. The van der Waals surface area contributed by atoms with E-state index in [0.717, 1.165) is 74.4 Å². The number of hydrogen-bond acceptors (Lipinski definition) is 6. The molecule has 3 heterocycles. The molecule has 7 heteroatoms. The van der Waals surface area contributed by atoms with Gasteiger partial charge in [-0.2, -0.15) is 5.10 Å². The number of amides is 1. The quantitative estimate of drug-likeness (QED) is 0.819. The average molecular weight is 353 g/mol. The molecule has 3 aliphatic rings. The highest BCUT2D eigenvalue weighted by molar-refractivity contribution is 5.94. The molecule has 2 aromatic rings. The van der Waals surface area contributed by atoms with Crippen LogP contribution in [-0.2, 0) is 25.7 Å². The molecule has 0 aromatic carbocycles. The predicted molar refractivity (Wildman–Crippen MR) is 95.3 cm³/mol. The van der Waals surface area contributed by atoms with Gasteiger partial charge in [0.1, 0.15) is 5.76 Å². The molecule has 0 N–H and O–H groups in total. The minimum Gasteiger partial charge on any atom is -0.360 e. The number of anilines is 1. The largest absolute Gasteiger partial charge is 0.360 e. The SMILES string of the molecule is O=C(c1noc2c1CCCC2)N1CCN(c2cc3c(nn2)CCC3)CC1. The zero-order valence-corrected chi connectivity index (χ0v) is 14.9. The van der Waals surface area contributed by atoms with Crippen LogP contribution in [0.1, 0.15) is 52.3 Å². The first-order valence-electron chi connectivity index (χ1n) is 9.67. The number of aryl methyl sites for hydroxylation is 3. The fraction of sp³-hybridized carbons (Fsp3) is 0.579. The van der Waals surface area contributed by atoms with Crippen molar-refractivity contribution in [2.75, 3.05) is 31.1 Å². The second kappa shape index (κ2) is 6.37. The lowest BCUT2D eigenvalue weighted by molar-refractivity contribution is 0.0735. The fourth-order valence-corrected chi connectivity index (χ4v) is 4.31. The van der Waals surface area contributed by atoms with Crippen LogP contribution in [0.25, 0.3) is 0 Å². The van der Waals surface area contributed by atoms with Gasteiger partial charge in [0, 0.05) is 38.2 Å². The minimum absolute atomic E-state index is 0.0107. The fourth-order valence-electron chi connectivity index (χ4n) is 4.31. The molecule has 2 aliphatic carbocycles. The summed E-state index contributed by atoms with van der Waals surface area (Å²) in [6, 6.07) is 2.18.